The van der Waals surface area contributed by atoms with Gasteiger partial charge >= 0.3 is 0 Å². The second-order valence-electron chi connectivity index (χ2n) is 18.1. The summed E-state index contributed by atoms with van der Waals surface area (Å²) in [6, 6.07) is 21.1. The van der Waals surface area contributed by atoms with Crippen LogP contribution in [0.4, 0.5) is 0 Å². The molecule has 0 aliphatic heterocycles. The third-order valence-corrected chi connectivity index (χ3v) is 19.0. The predicted molar refractivity (Wildman–Crippen MR) is 196 cm³/mol. The first-order chi connectivity index (χ1) is 22.0. The summed E-state index contributed by atoms with van der Waals surface area (Å²) in [4.78, 5) is 14.3. The van der Waals surface area contributed by atoms with Gasteiger partial charge in [0, 0.05) is 24.4 Å². The third kappa shape index (κ3) is 6.73. The Morgan fingerprint density at radius 2 is 1.43 bits per heavy atom. The number of fused-ring (bicyclic) bond motifs is 3. The smallest absolute Gasteiger partial charge is 0.191 e. The summed E-state index contributed by atoms with van der Waals surface area (Å²) in [6.07, 6.45) is 6.16. The predicted octanol–water partition coefficient (Wildman–Crippen LogP) is 10.7. The van der Waals surface area contributed by atoms with E-state index in [0.29, 0.717) is 50.5 Å². The van der Waals surface area contributed by atoms with Gasteiger partial charge in [-0.1, -0.05) is 116 Å². The molecule has 3 aliphatic rings. The maximum absolute atomic E-state index is 14.3. The molecule has 7 atom stereocenters. The van der Waals surface area contributed by atoms with E-state index in [9.17, 15) is 4.79 Å². The van der Waals surface area contributed by atoms with Crippen LogP contribution in [-0.2, 0) is 31.9 Å². The van der Waals surface area contributed by atoms with Gasteiger partial charge in [0.1, 0.15) is 5.78 Å². The number of Topliss-reactive ketones (excluding diaryl/α,β-unsaturated/α-hetero) is 1. The van der Waals surface area contributed by atoms with Gasteiger partial charge in [0.15, 0.2) is 8.32 Å². The van der Waals surface area contributed by atoms with Crippen LogP contribution < -0.4 is 0 Å². The lowest BCUT2D eigenvalue weighted by atomic mass is 9.35. The van der Waals surface area contributed by atoms with E-state index in [-0.39, 0.29) is 38.7 Å². The van der Waals surface area contributed by atoms with Gasteiger partial charge in [-0.3, -0.25) is 4.79 Å². The Labute approximate surface area is 287 Å². The SMILES string of the molecule is CC1C(=O)C[C@H]2[C@]3(C)CC[C@@H](OCc4ccccc4)C(C)(C)[C@H]3CC[C@]2(C)[C@@]1(CCO[Si](C)(C)C(C)(C)C)COCc1ccccc1. The quantitative estimate of drug-likeness (QED) is 0.225. The zero-order valence-corrected chi connectivity index (χ0v) is 32.3. The van der Waals surface area contributed by atoms with E-state index in [1.807, 2.05) is 0 Å². The van der Waals surface area contributed by atoms with Crippen molar-refractivity contribution in [1.29, 1.82) is 0 Å². The third-order valence-electron chi connectivity index (χ3n) is 14.4. The molecule has 2 aromatic carbocycles. The summed E-state index contributed by atoms with van der Waals surface area (Å²) in [7, 11) is -1.95. The van der Waals surface area contributed by atoms with Crippen LogP contribution in [0, 0.1) is 39.4 Å². The molecule has 0 bridgehead atoms. The van der Waals surface area contributed by atoms with Crippen LogP contribution in [0.3, 0.4) is 0 Å². The molecule has 0 heterocycles. The zero-order chi connectivity index (χ0) is 34.3. The van der Waals surface area contributed by atoms with Crippen LogP contribution in [0.2, 0.25) is 18.1 Å². The Hall–Kier alpha value is -1.79. The molecule has 2 aromatic rings. The fourth-order valence-electron chi connectivity index (χ4n) is 10.3. The van der Waals surface area contributed by atoms with E-state index in [2.05, 4.69) is 129 Å². The van der Waals surface area contributed by atoms with Gasteiger partial charge in [-0.15, -0.1) is 0 Å². The van der Waals surface area contributed by atoms with E-state index < -0.39 is 8.32 Å². The van der Waals surface area contributed by atoms with Crippen molar-refractivity contribution in [3.63, 3.8) is 0 Å². The summed E-state index contributed by atoms with van der Waals surface area (Å²) in [6.45, 7) is 26.3. The summed E-state index contributed by atoms with van der Waals surface area (Å²) in [5.41, 5.74) is 2.18. The lowest BCUT2D eigenvalue weighted by Crippen LogP contribution is -2.67. The number of benzene rings is 2. The summed E-state index contributed by atoms with van der Waals surface area (Å²) >= 11 is 0. The Morgan fingerprint density at radius 3 is 2.02 bits per heavy atom. The minimum absolute atomic E-state index is 0.0210. The molecule has 3 saturated carbocycles. The van der Waals surface area contributed by atoms with Crippen molar-refractivity contribution < 1.29 is 18.7 Å². The molecule has 47 heavy (non-hydrogen) atoms. The molecule has 1 unspecified atom stereocenters. The highest BCUT2D eigenvalue weighted by molar-refractivity contribution is 6.74. The minimum atomic E-state index is -1.95. The number of ether oxygens (including phenoxy) is 2. The molecule has 260 valence electrons. The fourth-order valence-corrected chi connectivity index (χ4v) is 11.4. The average molecular weight is 661 g/mol. The largest absolute Gasteiger partial charge is 0.417 e. The van der Waals surface area contributed by atoms with Gasteiger partial charge < -0.3 is 13.9 Å². The number of rotatable bonds is 11. The van der Waals surface area contributed by atoms with Gasteiger partial charge in [0.2, 0.25) is 0 Å². The van der Waals surface area contributed by atoms with Gasteiger partial charge in [-0.2, -0.15) is 0 Å². The summed E-state index contributed by atoms with van der Waals surface area (Å²) < 4.78 is 20.3. The molecule has 5 heteroatoms. The van der Waals surface area contributed by atoms with E-state index in [0.717, 1.165) is 32.1 Å². The van der Waals surface area contributed by atoms with E-state index in [4.69, 9.17) is 13.9 Å². The highest BCUT2D eigenvalue weighted by Gasteiger charge is 2.69. The molecule has 0 N–H and O–H groups in total. The monoisotopic (exact) mass is 660 g/mol. The maximum Gasteiger partial charge on any atom is 0.191 e. The van der Waals surface area contributed by atoms with Crippen molar-refractivity contribution in [2.45, 2.75) is 131 Å². The Kier molecular flexibility index (Phi) is 10.5. The molecule has 0 aromatic heterocycles. The minimum Gasteiger partial charge on any atom is -0.417 e. The molecule has 3 fully saturated rings. The van der Waals surface area contributed by atoms with Gasteiger partial charge in [0.25, 0.3) is 0 Å². The number of hydrogen-bond donors (Lipinski definition) is 0. The van der Waals surface area contributed by atoms with Gasteiger partial charge in [-0.05, 0) is 89.4 Å². The maximum atomic E-state index is 14.3. The number of hydrogen-bond acceptors (Lipinski definition) is 4. The van der Waals surface area contributed by atoms with E-state index in [1.165, 1.54) is 11.1 Å². The Balaban J connectivity index is 1.45. The molecule has 4 nitrogen and oxygen atoms in total. The molecule has 0 spiro atoms. The van der Waals surface area contributed by atoms with Crippen molar-refractivity contribution in [3.05, 3.63) is 71.8 Å². The first-order valence-electron chi connectivity index (χ1n) is 18.4. The van der Waals surface area contributed by atoms with Crippen LogP contribution in [0.1, 0.15) is 105 Å². The molecular formula is C42H64O4Si. The first kappa shape index (κ1) is 36.5. The van der Waals surface area contributed by atoms with Crippen molar-refractivity contribution >= 4 is 14.1 Å². The highest BCUT2D eigenvalue weighted by Crippen LogP contribution is 2.72. The fraction of sp³-hybridized carbons (Fsp3) is 0.690. The zero-order valence-electron chi connectivity index (χ0n) is 31.3. The van der Waals surface area contributed by atoms with Crippen molar-refractivity contribution in [2.24, 2.45) is 39.4 Å². The molecular weight excluding hydrogens is 597 g/mol. The summed E-state index contributed by atoms with van der Waals surface area (Å²) in [5, 5.41) is 0.142. The van der Waals surface area contributed by atoms with Crippen LogP contribution in [-0.4, -0.2) is 33.4 Å². The number of ketones is 1. The molecule has 0 saturated heterocycles. The standard InChI is InChI=1S/C42H64O4Si/c1-31-34(43)27-36-40(7)23-22-37(45-29-33-19-15-12-16-20-33)39(5,6)35(40)21-24-41(36,8)42(31,25-26-46-47(9,10)38(2,3)4)30-44-28-32-17-13-11-14-18-32/h11-20,31,35-37H,21-30H2,1-10H3/t31?,35-,36+,37-,40-,41+,42+/m1/s1. The topological polar surface area (TPSA) is 44.8 Å². The highest BCUT2D eigenvalue weighted by atomic mass is 28.4. The Bertz CT molecular complexity index is 1350. The molecule has 0 amide bonds. The lowest BCUT2D eigenvalue weighted by molar-refractivity contribution is -0.241. The first-order valence-corrected chi connectivity index (χ1v) is 21.3. The number of carbonyl (C=O) groups is 1. The van der Waals surface area contributed by atoms with Crippen LogP contribution in [0.15, 0.2) is 60.7 Å². The van der Waals surface area contributed by atoms with Gasteiger partial charge in [-0.25, -0.2) is 0 Å². The van der Waals surface area contributed by atoms with Crippen molar-refractivity contribution in [2.75, 3.05) is 13.2 Å². The van der Waals surface area contributed by atoms with Crippen molar-refractivity contribution in [1.82, 2.24) is 0 Å². The van der Waals surface area contributed by atoms with Gasteiger partial charge in [0.05, 0.1) is 25.9 Å². The lowest BCUT2D eigenvalue weighted by Gasteiger charge is -2.70. The second kappa shape index (κ2) is 13.5. The van der Waals surface area contributed by atoms with E-state index >= 15 is 0 Å². The molecule has 3 aliphatic carbocycles. The molecule has 5 rings (SSSR count). The normalized spacial score (nSPS) is 34.0. The Morgan fingerprint density at radius 1 is 0.830 bits per heavy atom. The van der Waals surface area contributed by atoms with E-state index in [1.54, 1.807) is 0 Å². The van der Waals surface area contributed by atoms with Crippen LogP contribution in [0.25, 0.3) is 0 Å². The average Bonchev–Trinajstić information content (AvgIpc) is 3.01. The summed E-state index contributed by atoms with van der Waals surface area (Å²) in [5.74, 6) is 1.15. The second-order valence-corrected chi connectivity index (χ2v) is 22.9. The van der Waals surface area contributed by atoms with Crippen LogP contribution in [0.5, 0.6) is 0 Å². The van der Waals surface area contributed by atoms with Crippen LogP contribution >= 0.6 is 0 Å². The molecule has 0 radical (unpaired) electrons. The van der Waals surface area contributed by atoms with Crippen molar-refractivity contribution in [3.8, 4) is 0 Å². The number of carbonyl (C=O) groups excluding carboxylic acids is 1.